The van der Waals surface area contributed by atoms with Crippen LogP contribution in [0.4, 0.5) is 5.69 Å². The fourth-order valence-electron chi connectivity index (χ4n) is 6.49. The lowest BCUT2D eigenvalue weighted by Crippen LogP contribution is -2.36. The number of anilines is 1. The smallest absolute Gasteiger partial charge is 0.478 e. The number of benzene rings is 3. The van der Waals surface area contributed by atoms with Gasteiger partial charge in [-0.1, -0.05) is 17.9 Å². The number of hydrogen-bond donors (Lipinski definition) is 8. The number of carbonyl (C=O) groups excluding carboxylic acids is 1. The predicted molar refractivity (Wildman–Crippen MR) is 222 cm³/mol. The molecule has 1 fully saturated rings. The lowest BCUT2D eigenvalue weighted by atomic mass is 9.89. The molecule has 1 saturated heterocycles. The topological polar surface area (TPSA) is 330 Å². The van der Waals surface area contributed by atoms with E-state index in [1.165, 1.54) is 18.2 Å². The van der Waals surface area contributed by atoms with Crippen molar-refractivity contribution in [2.75, 3.05) is 46.2 Å². The second-order valence-corrected chi connectivity index (χ2v) is 18.6. The zero-order valence-corrected chi connectivity index (χ0v) is 36.1. The number of phosphoric ester groups is 1. The number of carbonyl (C=O) groups is 2. The van der Waals surface area contributed by atoms with Crippen molar-refractivity contribution in [3.8, 4) is 34.3 Å². The average molecular weight is 935 g/mol. The van der Waals surface area contributed by atoms with E-state index in [1.807, 2.05) is 79.0 Å². The van der Waals surface area contributed by atoms with Gasteiger partial charge in [-0.25, -0.2) is 27.9 Å². The van der Waals surface area contributed by atoms with Gasteiger partial charge in [0.1, 0.15) is 37.1 Å². The number of amides is 1. The lowest BCUT2D eigenvalue weighted by Gasteiger charge is -2.19. The van der Waals surface area contributed by atoms with E-state index in [2.05, 4.69) is 30.3 Å². The Morgan fingerprint density at radius 3 is 2.37 bits per heavy atom. The molecule has 3 heterocycles. The maximum Gasteiger partial charge on any atom is 0.490 e. The molecule has 334 valence electrons. The Balaban J connectivity index is 1.18. The van der Waals surface area contributed by atoms with E-state index in [1.54, 1.807) is 0 Å². The number of ether oxygens (including phenoxy) is 1. The number of nitrogens with one attached hydrogen (secondary N) is 2. The van der Waals surface area contributed by atoms with Crippen LogP contribution in [0.2, 0.25) is 0 Å². The minimum absolute atomic E-state index is 0.0155. The first-order valence-electron chi connectivity index (χ1n) is 18.2. The van der Waals surface area contributed by atoms with Crippen LogP contribution in [0.5, 0.6) is 0 Å². The van der Waals surface area contributed by atoms with Crippen LogP contribution < -0.4 is 31.4 Å². The molecule has 0 radical (unpaired) electrons. The van der Waals surface area contributed by atoms with Gasteiger partial charge < -0.3 is 49.2 Å². The van der Waals surface area contributed by atoms with Crippen LogP contribution in [0.15, 0.2) is 74.8 Å². The summed E-state index contributed by atoms with van der Waals surface area (Å²) in [6.45, 7) is -1.27. The van der Waals surface area contributed by atoms with Crippen molar-refractivity contribution in [3.63, 3.8) is 0 Å². The highest BCUT2D eigenvalue weighted by Gasteiger charge is 2.43. The SMILES string of the molecule is CN(C)c1ccc2c(-c3ccc(C(=O)NCC#Cc4cn(C5OC(COP(=O)(O)OP(=O)(O)OP(=O)(O)O)CC5O)c(=O)[nH]c4=O)cc3C(=O)O)c3ccc(=[N+](C)C)cc-3oc2c1. The summed E-state index contributed by atoms with van der Waals surface area (Å²) in [5.74, 6) is 3.56. The summed E-state index contributed by atoms with van der Waals surface area (Å²) >= 11 is 0. The van der Waals surface area contributed by atoms with E-state index < -0.39 is 71.6 Å². The van der Waals surface area contributed by atoms with Crippen LogP contribution in [0, 0.1) is 11.8 Å². The fourth-order valence-corrected chi connectivity index (χ4v) is 9.54. The number of aromatic nitrogens is 2. The van der Waals surface area contributed by atoms with Crippen LogP contribution in [0.25, 0.3) is 33.4 Å². The van der Waals surface area contributed by atoms with Gasteiger partial charge in [0.25, 0.3) is 11.5 Å². The highest BCUT2D eigenvalue weighted by atomic mass is 31.3. The summed E-state index contributed by atoms with van der Waals surface area (Å²) < 4.78 is 60.8. The zero-order valence-electron chi connectivity index (χ0n) is 33.4. The highest BCUT2D eigenvalue weighted by Crippen LogP contribution is 2.66. The maximum atomic E-state index is 13.3. The Bertz CT molecular complexity index is 3010. The van der Waals surface area contributed by atoms with Crippen molar-refractivity contribution >= 4 is 52.0 Å². The summed E-state index contributed by atoms with van der Waals surface area (Å²) in [5.41, 5.74) is 0.405. The first-order valence-corrected chi connectivity index (χ1v) is 22.7. The van der Waals surface area contributed by atoms with Gasteiger partial charge in [-0.15, -0.1) is 0 Å². The van der Waals surface area contributed by atoms with Gasteiger partial charge in [0, 0.05) is 66.6 Å². The van der Waals surface area contributed by atoms with Crippen molar-refractivity contribution in [1.29, 1.82) is 0 Å². The molecule has 23 nitrogen and oxygen atoms in total. The Kier molecular flexibility index (Phi) is 13.6. The van der Waals surface area contributed by atoms with Crippen LogP contribution >= 0.6 is 23.5 Å². The summed E-state index contributed by atoms with van der Waals surface area (Å²) in [6.07, 6.45) is -3.70. The van der Waals surface area contributed by atoms with Gasteiger partial charge in [0.2, 0.25) is 5.36 Å². The summed E-state index contributed by atoms with van der Waals surface area (Å²) in [5, 5.41) is 25.0. The van der Waals surface area contributed by atoms with Crippen LogP contribution in [0.3, 0.4) is 0 Å². The first-order chi connectivity index (χ1) is 29.4. The fraction of sp³-hybridized carbons (Fsp3) is 0.270. The molecule has 0 spiro atoms. The normalized spacial score (nSPS) is 18.3. The number of aromatic amines is 1. The van der Waals surface area contributed by atoms with E-state index in [4.69, 9.17) is 18.9 Å². The van der Waals surface area contributed by atoms with E-state index in [0.717, 1.165) is 21.8 Å². The molecule has 5 atom stereocenters. The Hall–Kier alpha value is -5.56. The van der Waals surface area contributed by atoms with Crippen molar-refractivity contribution < 1.29 is 75.4 Å². The van der Waals surface area contributed by atoms with Gasteiger partial charge in [0.15, 0.2) is 6.23 Å². The molecule has 63 heavy (non-hydrogen) atoms. The number of aliphatic hydroxyl groups excluding tert-OH is 1. The third kappa shape index (κ3) is 11.2. The number of carboxylic acids is 1. The molecule has 1 amide bonds. The number of aliphatic hydroxyl groups is 1. The summed E-state index contributed by atoms with van der Waals surface area (Å²) in [6, 6.07) is 15.4. The van der Waals surface area contributed by atoms with Crippen LogP contribution in [-0.4, -0.2) is 105 Å². The second kappa shape index (κ2) is 18.3. The number of rotatable bonds is 13. The molecule has 5 unspecified atom stereocenters. The number of carboxylic acid groups (broad SMARTS) is 1. The third-order valence-corrected chi connectivity index (χ3v) is 13.1. The largest absolute Gasteiger partial charge is 0.490 e. The minimum Gasteiger partial charge on any atom is -0.478 e. The van der Waals surface area contributed by atoms with E-state index in [0.29, 0.717) is 33.4 Å². The molecule has 8 N–H and O–H groups in total. The minimum atomic E-state index is -5.79. The standard InChI is InChI=1S/C37H38N5O18P3/c1-40(2)22-8-11-26-30(15-22)58-31-16-23(41(3)4)9-12-27(31)32(26)25-10-7-20(14-28(25)36(46)47)33(44)38-13-5-6-21-18-42(37(48)39-34(21)45)35-29(43)17-24(57-35)19-56-62(52,53)60-63(54,55)59-61(49,50)51/h7-12,14-16,18,24,29,35,43H,13,17,19H2,1-4H3,(H6-,38,39,44,45,46,47,48,49,50,51,52,53,54,55)/p+1. The quantitative estimate of drug-likeness (QED) is 0.0360. The first kappa shape index (κ1) is 46.9. The van der Waals surface area contributed by atoms with Gasteiger partial charge in [0.05, 0.1) is 30.9 Å². The zero-order chi connectivity index (χ0) is 46.2. The Labute approximate surface area is 355 Å². The van der Waals surface area contributed by atoms with Gasteiger partial charge in [-0.05, 0) is 35.9 Å². The molecule has 2 aliphatic heterocycles. The molecule has 1 aromatic heterocycles. The predicted octanol–water partition coefficient (Wildman–Crippen LogP) is 1.62. The Morgan fingerprint density at radius 1 is 0.984 bits per heavy atom. The van der Waals surface area contributed by atoms with Crippen molar-refractivity contribution in [1.82, 2.24) is 19.4 Å². The van der Waals surface area contributed by atoms with E-state index in [9.17, 15) is 52.9 Å². The molecule has 26 heteroatoms. The third-order valence-electron chi connectivity index (χ3n) is 9.31. The summed E-state index contributed by atoms with van der Waals surface area (Å²) in [7, 11) is -9.41. The van der Waals surface area contributed by atoms with Crippen LogP contribution in [0.1, 0.15) is 38.9 Å². The second-order valence-electron chi connectivity index (χ2n) is 14.2. The molecule has 0 bridgehead atoms. The van der Waals surface area contributed by atoms with Gasteiger partial charge in [-0.3, -0.25) is 23.7 Å². The van der Waals surface area contributed by atoms with E-state index >= 15 is 0 Å². The lowest BCUT2D eigenvalue weighted by molar-refractivity contribution is -0.0524. The van der Waals surface area contributed by atoms with Crippen molar-refractivity contribution in [2.45, 2.75) is 24.9 Å². The number of H-pyrrole nitrogens is 1. The molecule has 0 saturated carbocycles. The number of nitrogens with zero attached hydrogens (tertiary/aromatic N) is 3. The Morgan fingerprint density at radius 2 is 1.70 bits per heavy atom. The molecule has 1 aliphatic carbocycles. The monoisotopic (exact) mass is 934 g/mol. The molecule has 3 aliphatic rings. The summed E-state index contributed by atoms with van der Waals surface area (Å²) in [4.78, 5) is 91.6. The molecular weight excluding hydrogens is 895 g/mol. The molecule has 6 rings (SSSR count). The van der Waals surface area contributed by atoms with Crippen molar-refractivity contribution in [3.05, 3.63) is 104 Å². The van der Waals surface area contributed by atoms with Crippen LogP contribution in [-0.2, 0) is 31.6 Å². The van der Waals surface area contributed by atoms with Gasteiger partial charge >= 0.3 is 35.1 Å². The maximum absolute atomic E-state index is 13.3. The van der Waals surface area contributed by atoms with Crippen molar-refractivity contribution in [2.24, 2.45) is 0 Å². The number of fused-ring (bicyclic) bond motifs is 2. The number of aromatic carboxylic acids is 1. The molecular formula is C37H39N5O18P3+. The molecule has 3 aromatic rings. The highest BCUT2D eigenvalue weighted by molar-refractivity contribution is 7.66. The molecule has 2 aromatic carbocycles. The average Bonchev–Trinajstić information content (AvgIpc) is 3.55. The van der Waals surface area contributed by atoms with E-state index in [-0.39, 0.29) is 29.7 Å². The number of phosphoric acid groups is 3. The van der Waals surface area contributed by atoms with Gasteiger partial charge in [-0.2, -0.15) is 8.62 Å². The number of hydrogen-bond acceptors (Lipinski definition) is 14.